The van der Waals surface area contributed by atoms with Crippen LogP contribution in [0, 0.1) is 13.8 Å². The first-order valence-electron chi connectivity index (χ1n) is 5.53. The van der Waals surface area contributed by atoms with E-state index in [1.165, 1.54) is 16.8 Å². The lowest BCUT2D eigenvalue weighted by atomic mass is 10.1. The van der Waals surface area contributed by atoms with Gasteiger partial charge in [-0.1, -0.05) is 12.1 Å². The summed E-state index contributed by atoms with van der Waals surface area (Å²) in [6.45, 7) is 10.00. The second-order valence-corrected chi connectivity index (χ2v) is 4.09. The molecule has 0 saturated heterocycles. The summed E-state index contributed by atoms with van der Waals surface area (Å²) in [5.74, 6) is 0. The Balaban J connectivity index is 2.41. The molecule has 0 spiro atoms. The normalized spacial score (nSPS) is 10.7. The highest BCUT2D eigenvalue weighted by Gasteiger charge is 1.99. The summed E-state index contributed by atoms with van der Waals surface area (Å²) < 4.78 is 5.47. The first kappa shape index (κ1) is 12.1. The number of aryl methyl sites for hydroxylation is 1. The summed E-state index contributed by atoms with van der Waals surface area (Å²) in [4.78, 5) is 0. The molecule has 0 aliphatic carbocycles. The van der Waals surface area contributed by atoms with E-state index in [9.17, 15) is 0 Å². The van der Waals surface area contributed by atoms with Gasteiger partial charge in [0, 0.05) is 12.2 Å². The van der Waals surface area contributed by atoms with Crippen LogP contribution in [0.3, 0.4) is 0 Å². The van der Waals surface area contributed by atoms with Crippen LogP contribution in [-0.2, 0) is 4.74 Å². The molecule has 0 saturated carbocycles. The van der Waals surface area contributed by atoms with Gasteiger partial charge in [0.05, 0.1) is 12.7 Å². The zero-order chi connectivity index (χ0) is 11.3. The third-order valence-electron chi connectivity index (χ3n) is 2.47. The van der Waals surface area contributed by atoms with Gasteiger partial charge in [-0.3, -0.25) is 0 Å². The first-order chi connectivity index (χ1) is 7.11. The minimum absolute atomic E-state index is 0.311. The van der Waals surface area contributed by atoms with Crippen LogP contribution in [0.5, 0.6) is 0 Å². The molecule has 2 nitrogen and oxygen atoms in total. The van der Waals surface area contributed by atoms with Crippen LogP contribution in [-0.4, -0.2) is 19.3 Å². The fraction of sp³-hybridized carbons (Fsp3) is 0.538. The van der Waals surface area contributed by atoms with Crippen LogP contribution < -0.4 is 5.32 Å². The fourth-order valence-electron chi connectivity index (χ4n) is 1.42. The summed E-state index contributed by atoms with van der Waals surface area (Å²) in [5.41, 5.74) is 3.86. The molecule has 0 atom stereocenters. The Labute approximate surface area is 92.6 Å². The Kier molecular flexibility index (Phi) is 4.63. The van der Waals surface area contributed by atoms with Crippen LogP contribution in [0.4, 0.5) is 5.69 Å². The number of hydrogen-bond donors (Lipinski definition) is 1. The van der Waals surface area contributed by atoms with E-state index in [1.807, 2.05) is 0 Å². The van der Waals surface area contributed by atoms with Gasteiger partial charge in [-0.25, -0.2) is 0 Å². The molecule has 15 heavy (non-hydrogen) atoms. The van der Waals surface area contributed by atoms with Gasteiger partial charge in [0.1, 0.15) is 0 Å². The smallest absolute Gasteiger partial charge is 0.0642 e. The van der Waals surface area contributed by atoms with Gasteiger partial charge in [-0.05, 0) is 44.9 Å². The molecule has 0 amide bonds. The van der Waals surface area contributed by atoms with Gasteiger partial charge in [-0.2, -0.15) is 0 Å². The zero-order valence-corrected chi connectivity index (χ0v) is 10.1. The van der Waals surface area contributed by atoms with Gasteiger partial charge in [0.25, 0.3) is 0 Å². The maximum absolute atomic E-state index is 5.47. The summed E-state index contributed by atoms with van der Waals surface area (Å²) in [6.07, 6.45) is 0.311. The molecule has 0 bridgehead atoms. The van der Waals surface area contributed by atoms with Gasteiger partial charge < -0.3 is 10.1 Å². The largest absolute Gasteiger partial charge is 0.383 e. The van der Waals surface area contributed by atoms with E-state index >= 15 is 0 Å². The van der Waals surface area contributed by atoms with Gasteiger partial charge in [0.15, 0.2) is 0 Å². The van der Waals surface area contributed by atoms with Gasteiger partial charge in [0.2, 0.25) is 0 Å². The van der Waals surface area contributed by atoms with Gasteiger partial charge >= 0.3 is 0 Å². The molecule has 84 valence electrons. The molecular formula is C13H21NO. The van der Waals surface area contributed by atoms with Crippen molar-refractivity contribution in [2.45, 2.75) is 33.8 Å². The van der Waals surface area contributed by atoms with Crippen LogP contribution in [0.2, 0.25) is 0 Å². The summed E-state index contributed by atoms with van der Waals surface area (Å²) in [7, 11) is 0. The van der Waals surface area contributed by atoms with Crippen molar-refractivity contribution in [2.75, 3.05) is 18.5 Å². The molecule has 1 aromatic rings. The Morgan fingerprint density at radius 3 is 2.67 bits per heavy atom. The van der Waals surface area contributed by atoms with Crippen molar-refractivity contribution < 1.29 is 4.74 Å². The second kappa shape index (κ2) is 5.76. The number of nitrogens with one attached hydrogen (secondary N) is 1. The van der Waals surface area contributed by atoms with E-state index in [1.54, 1.807) is 0 Å². The standard InChI is InChI=1S/C13H21NO/c1-10(2)15-9-8-14-13-7-5-6-11(3)12(13)4/h5-7,10,14H,8-9H2,1-4H3. The van der Waals surface area contributed by atoms with Crippen molar-refractivity contribution in [3.8, 4) is 0 Å². The molecule has 0 aliphatic heterocycles. The van der Waals surface area contributed by atoms with Crippen LogP contribution >= 0.6 is 0 Å². The lowest BCUT2D eigenvalue weighted by Gasteiger charge is -2.12. The van der Waals surface area contributed by atoms with E-state index < -0.39 is 0 Å². The van der Waals surface area contributed by atoms with Crippen molar-refractivity contribution >= 4 is 5.69 Å². The highest BCUT2D eigenvalue weighted by Crippen LogP contribution is 2.17. The highest BCUT2D eigenvalue weighted by atomic mass is 16.5. The predicted molar refractivity (Wildman–Crippen MR) is 65.5 cm³/mol. The molecule has 1 aromatic carbocycles. The number of rotatable bonds is 5. The maximum Gasteiger partial charge on any atom is 0.0642 e. The van der Waals surface area contributed by atoms with Crippen molar-refractivity contribution in [3.05, 3.63) is 29.3 Å². The Morgan fingerprint density at radius 1 is 1.27 bits per heavy atom. The SMILES string of the molecule is Cc1cccc(NCCOC(C)C)c1C. The van der Waals surface area contributed by atoms with Crippen molar-refractivity contribution in [1.29, 1.82) is 0 Å². The first-order valence-corrected chi connectivity index (χ1v) is 5.53. The third kappa shape index (κ3) is 3.92. The van der Waals surface area contributed by atoms with E-state index in [0.717, 1.165) is 13.2 Å². The molecule has 0 aromatic heterocycles. The highest BCUT2D eigenvalue weighted by molar-refractivity contribution is 5.53. The summed E-state index contributed by atoms with van der Waals surface area (Å²) >= 11 is 0. The third-order valence-corrected chi connectivity index (χ3v) is 2.47. The predicted octanol–water partition coefficient (Wildman–Crippen LogP) is 3.14. The Bertz CT molecular complexity index is 307. The molecule has 2 heteroatoms. The topological polar surface area (TPSA) is 21.3 Å². The van der Waals surface area contributed by atoms with Crippen LogP contribution in [0.25, 0.3) is 0 Å². The maximum atomic E-state index is 5.47. The van der Waals surface area contributed by atoms with Crippen molar-refractivity contribution in [3.63, 3.8) is 0 Å². The molecule has 1 N–H and O–H groups in total. The number of anilines is 1. The average molecular weight is 207 g/mol. The molecule has 1 rings (SSSR count). The Hall–Kier alpha value is -1.02. The Morgan fingerprint density at radius 2 is 2.00 bits per heavy atom. The lowest BCUT2D eigenvalue weighted by Crippen LogP contribution is -2.13. The summed E-state index contributed by atoms with van der Waals surface area (Å²) in [6, 6.07) is 6.32. The van der Waals surface area contributed by atoms with Crippen LogP contribution in [0.1, 0.15) is 25.0 Å². The van der Waals surface area contributed by atoms with Crippen LogP contribution in [0.15, 0.2) is 18.2 Å². The molecular weight excluding hydrogens is 186 g/mol. The van der Waals surface area contributed by atoms with Crippen molar-refractivity contribution in [1.82, 2.24) is 0 Å². The van der Waals surface area contributed by atoms with E-state index in [2.05, 4.69) is 51.2 Å². The molecule has 0 fully saturated rings. The monoisotopic (exact) mass is 207 g/mol. The van der Waals surface area contributed by atoms with E-state index in [-0.39, 0.29) is 0 Å². The van der Waals surface area contributed by atoms with Gasteiger partial charge in [-0.15, -0.1) is 0 Å². The number of hydrogen-bond acceptors (Lipinski definition) is 2. The molecule has 0 radical (unpaired) electrons. The minimum Gasteiger partial charge on any atom is -0.383 e. The zero-order valence-electron chi connectivity index (χ0n) is 10.1. The fourth-order valence-corrected chi connectivity index (χ4v) is 1.42. The van der Waals surface area contributed by atoms with E-state index in [4.69, 9.17) is 4.74 Å². The quantitative estimate of drug-likeness (QED) is 0.749. The summed E-state index contributed by atoms with van der Waals surface area (Å²) in [5, 5.41) is 3.38. The molecule has 0 unspecified atom stereocenters. The number of ether oxygens (including phenoxy) is 1. The molecule has 0 aliphatic rings. The lowest BCUT2D eigenvalue weighted by molar-refractivity contribution is 0.0870. The van der Waals surface area contributed by atoms with Crippen molar-refractivity contribution in [2.24, 2.45) is 0 Å². The number of benzene rings is 1. The minimum atomic E-state index is 0.311. The molecule has 0 heterocycles. The second-order valence-electron chi connectivity index (χ2n) is 4.09. The average Bonchev–Trinajstić information content (AvgIpc) is 2.18. The van der Waals surface area contributed by atoms with E-state index in [0.29, 0.717) is 6.10 Å².